The van der Waals surface area contributed by atoms with Gasteiger partial charge in [0, 0.05) is 0 Å². The molecule has 1 aromatic carbocycles. The smallest absolute Gasteiger partial charge is 0.375 e. The van der Waals surface area contributed by atoms with E-state index in [1.165, 1.54) is 5.56 Å². The van der Waals surface area contributed by atoms with E-state index in [2.05, 4.69) is 17.0 Å². The summed E-state index contributed by atoms with van der Waals surface area (Å²) >= 11 is 0. The molecule has 0 aliphatic carbocycles. The lowest BCUT2D eigenvalue weighted by Crippen LogP contribution is -2.02. The number of carbonyl (C=O) groups is 1. The SMILES string of the molecule is CCCc1ccc(-n2nc(C(=O)O)nc2C)cc1. The standard InChI is InChI=1S/C13H15N3O2/c1-3-4-10-5-7-11(8-6-10)16-9(2)14-12(15-16)13(17)18/h5-8H,3-4H2,1-2H3,(H,17,18). The largest absolute Gasteiger partial charge is 0.475 e. The van der Waals surface area contributed by atoms with Crippen LogP contribution in [0.5, 0.6) is 0 Å². The molecule has 0 aliphatic rings. The molecule has 1 heterocycles. The molecule has 0 fully saturated rings. The third kappa shape index (κ3) is 2.40. The summed E-state index contributed by atoms with van der Waals surface area (Å²) in [5.74, 6) is -0.722. The number of carboxylic acid groups (broad SMARTS) is 1. The van der Waals surface area contributed by atoms with Gasteiger partial charge in [-0.15, -0.1) is 5.10 Å². The van der Waals surface area contributed by atoms with Crippen LogP contribution in [0, 0.1) is 6.92 Å². The molecule has 0 bridgehead atoms. The minimum atomic E-state index is -1.11. The van der Waals surface area contributed by atoms with Crippen LogP contribution in [0.3, 0.4) is 0 Å². The number of rotatable bonds is 4. The zero-order chi connectivity index (χ0) is 13.1. The lowest BCUT2D eigenvalue weighted by Gasteiger charge is -2.04. The molecule has 0 aliphatic heterocycles. The zero-order valence-corrected chi connectivity index (χ0v) is 10.4. The number of benzene rings is 1. The minimum absolute atomic E-state index is 0.176. The summed E-state index contributed by atoms with van der Waals surface area (Å²) in [6, 6.07) is 7.91. The Labute approximate surface area is 105 Å². The van der Waals surface area contributed by atoms with E-state index in [0.29, 0.717) is 5.82 Å². The molecule has 2 rings (SSSR count). The van der Waals surface area contributed by atoms with Crippen molar-refractivity contribution < 1.29 is 9.90 Å². The molecular formula is C13H15N3O2. The maximum absolute atomic E-state index is 10.8. The summed E-state index contributed by atoms with van der Waals surface area (Å²) in [6.07, 6.45) is 2.14. The second-order valence-corrected chi connectivity index (χ2v) is 4.12. The second-order valence-electron chi connectivity index (χ2n) is 4.12. The average Bonchev–Trinajstić information content (AvgIpc) is 2.73. The third-order valence-corrected chi connectivity index (χ3v) is 2.68. The summed E-state index contributed by atoms with van der Waals surface area (Å²) in [6.45, 7) is 3.87. The summed E-state index contributed by atoms with van der Waals surface area (Å²) in [5, 5.41) is 12.8. The lowest BCUT2D eigenvalue weighted by molar-refractivity contribution is 0.0683. The molecule has 0 unspecified atom stereocenters. The van der Waals surface area contributed by atoms with Crippen molar-refractivity contribution in [3.8, 4) is 5.69 Å². The van der Waals surface area contributed by atoms with E-state index >= 15 is 0 Å². The Kier molecular flexibility index (Phi) is 3.41. The average molecular weight is 245 g/mol. The van der Waals surface area contributed by atoms with E-state index in [4.69, 9.17) is 5.11 Å². The summed E-state index contributed by atoms with van der Waals surface area (Å²) in [4.78, 5) is 14.7. The topological polar surface area (TPSA) is 68.0 Å². The molecule has 0 radical (unpaired) electrons. The van der Waals surface area contributed by atoms with Crippen molar-refractivity contribution in [1.82, 2.24) is 14.8 Å². The first kappa shape index (κ1) is 12.3. The predicted molar refractivity (Wildman–Crippen MR) is 67.1 cm³/mol. The summed E-state index contributed by atoms with van der Waals surface area (Å²) in [5.41, 5.74) is 2.09. The van der Waals surface area contributed by atoms with Crippen molar-refractivity contribution in [2.75, 3.05) is 0 Å². The molecule has 2 aromatic rings. The van der Waals surface area contributed by atoms with Gasteiger partial charge in [-0.25, -0.2) is 14.5 Å². The first-order valence-electron chi connectivity index (χ1n) is 5.88. The normalized spacial score (nSPS) is 10.6. The van der Waals surface area contributed by atoms with Gasteiger partial charge >= 0.3 is 5.97 Å². The van der Waals surface area contributed by atoms with E-state index in [9.17, 15) is 4.79 Å². The van der Waals surface area contributed by atoms with Crippen LogP contribution in [0.4, 0.5) is 0 Å². The Balaban J connectivity index is 2.33. The van der Waals surface area contributed by atoms with Crippen LogP contribution >= 0.6 is 0 Å². The maximum Gasteiger partial charge on any atom is 0.375 e. The van der Waals surface area contributed by atoms with Gasteiger partial charge in [-0.2, -0.15) is 0 Å². The van der Waals surface area contributed by atoms with Crippen LogP contribution in [0.1, 0.15) is 35.4 Å². The molecule has 1 N–H and O–H groups in total. The first-order valence-corrected chi connectivity index (χ1v) is 5.88. The number of aromatic carboxylic acids is 1. The van der Waals surface area contributed by atoms with Gasteiger partial charge in [0.15, 0.2) is 0 Å². The van der Waals surface area contributed by atoms with Gasteiger partial charge in [0.05, 0.1) is 5.69 Å². The van der Waals surface area contributed by atoms with Crippen LogP contribution in [0.15, 0.2) is 24.3 Å². The van der Waals surface area contributed by atoms with Gasteiger partial charge in [0.1, 0.15) is 5.82 Å². The predicted octanol–water partition coefficient (Wildman–Crippen LogP) is 2.23. The summed E-state index contributed by atoms with van der Waals surface area (Å²) < 4.78 is 1.54. The molecule has 5 heteroatoms. The van der Waals surface area contributed by atoms with Crippen molar-refractivity contribution in [2.45, 2.75) is 26.7 Å². The molecular weight excluding hydrogens is 230 g/mol. The number of hydrogen-bond donors (Lipinski definition) is 1. The zero-order valence-electron chi connectivity index (χ0n) is 10.4. The Morgan fingerprint density at radius 2 is 2.00 bits per heavy atom. The van der Waals surface area contributed by atoms with Crippen molar-refractivity contribution in [1.29, 1.82) is 0 Å². The maximum atomic E-state index is 10.8. The number of carboxylic acids is 1. The van der Waals surface area contributed by atoms with Gasteiger partial charge in [-0.3, -0.25) is 0 Å². The Morgan fingerprint density at radius 1 is 1.33 bits per heavy atom. The molecule has 0 amide bonds. The van der Waals surface area contributed by atoms with Crippen LogP contribution < -0.4 is 0 Å². The van der Waals surface area contributed by atoms with E-state index in [1.807, 2.05) is 24.3 Å². The quantitative estimate of drug-likeness (QED) is 0.896. The summed E-state index contributed by atoms with van der Waals surface area (Å²) in [7, 11) is 0. The fourth-order valence-corrected chi connectivity index (χ4v) is 1.82. The lowest BCUT2D eigenvalue weighted by atomic mass is 10.1. The molecule has 0 saturated carbocycles. The molecule has 0 saturated heterocycles. The monoisotopic (exact) mass is 245 g/mol. The number of nitrogens with zero attached hydrogens (tertiary/aromatic N) is 3. The molecule has 1 aromatic heterocycles. The highest BCUT2D eigenvalue weighted by atomic mass is 16.4. The van der Waals surface area contributed by atoms with Crippen LogP contribution in [-0.2, 0) is 6.42 Å². The van der Waals surface area contributed by atoms with Gasteiger partial charge in [0.2, 0.25) is 0 Å². The van der Waals surface area contributed by atoms with E-state index in [-0.39, 0.29) is 5.82 Å². The van der Waals surface area contributed by atoms with Gasteiger partial charge < -0.3 is 5.11 Å². The van der Waals surface area contributed by atoms with Crippen LogP contribution in [0.2, 0.25) is 0 Å². The van der Waals surface area contributed by atoms with Crippen LogP contribution in [0.25, 0.3) is 5.69 Å². The Morgan fingerprint density at radius 3 is 2.50 bits per heavy atom. The minimum Gasteiger partial charge on any atom is -0.475 e. The fraction of sp³-hybridized carbons (Fsp3) is 0.308. The number of aryl methyl sites for hydroxylation is 2. The van der Waals surface area contributed by atoms with E-state index < -0.39 is 5.97 Å². The molecule has 5 nitrogen and oxygen atoms in total. The fourth-order valence-electron chi connectivity index (χ4n) is 1.82. The van der Waals surface area contributed by atoms with E-state index in [0.717, 1.165) is 18.5 Å². The molecule has 18 heavy (non-hydrogen) atoms. The van der Waals surface area contributed by atoms with Gasteiger partial charge in [0.25, 0.3) is 5.82 Å². The molecule has 94 valence electrons. The van der Waals surface area contributed by atoms with Gasteiger partial charge in [-0.1, -0.05) is 25.5 Å². The highest BCUT2D eigenvalue weighted by molar-refractivity contribution is 5.83. The number of aromatic nitrogens is 3. The van der Waals surface area contributed by atoms with Crippen molar-refractivity contribution in [2.24, 2.45) is 0 Å². The third-order valence-electron chi connectivity index (χ3n) is 2.68. The Bertz CT molecular complexity index is 558. The molecule has 0 spiro atoms. The van der Waals surface area contributed by atoms with Crippen molar-refractivity contribution in [3.63, 3.8) is 0 Å². The second kappa shape index (κ2) is 5.00. The Hall–Kier alpha value is -2.17. The van der Waals surface area contributed by atoms with Crippen molar-refractivity contribution >= 4 is 5.97 Å². The molecule has 0 atom stereocenters. The van der Waals surface area contributed by atoms with Crippen LogP contribution in [-0.4, -0.2) is 25.8 Å². The van der Waals surface area contributed by atoms with Crippen molar-refractivity contribution in [3.05, 3.63) is 41.5 Å². The van der Waals surface area contributed by atoms with Gasteiger partial charge in [-0.05, 0) is 31.0 Å². The van der Waals surface area contributed by atoms with E-state index in [1.54, 1.807) is 11.6 Å². The first-order chi connectivity index (χ1) is 8.61. The highest BCUT2D eigenvalue weighted by Gasteiger charge is 2.13. The number of hydrogen-bond acceptors (Lipinski definition) is 3. The highest BCUT2D eigenvalue weighted by Crippen LogP contribution is 2.12.